The number of hydrogen-bond donors (Lipinski definition) is 2. The zero-order chi connectivity index (χ0) is 18.7. The molecule has 1 amide bonds. The van der Waals surface area contributed by atoms with Crippen LogP contribution in [0, 0.1) is 20.8 Å². The van der Waals surface area contributed by atoms with Crippen molar-refractivity contribution < 1.29 is 4.79 Å². The second kappa shape index (κ2) is 7.51. The van der Waals surface area contributed by atoms with Crippen LogP contribution < -0.4 is 10.6 Å². The van der Waals surface area contributed by atoms with Gasteiger partial charge in [0.15, 0.2) is 0 Å². The van der Waals surface area contributed by atoms with E-state index in [1.165, 1.54) is 0 Å². The standard InChI is InChI=1S/C19H24N6O/c1-5-25-14(4)23-16-11-15(6-7-17(16)25)24-18(26)8-9-20-19-21-12(2)10-13(3)22-19/h6-7,10-11H,5,8-9H2,1-4H3,(H,24,26)(H,20,21,22). The molecule has 26 heavy (non-hydrogen) atoms. The van der Waals surface area contributed by atoms with Gasteiger partial charge >= 0.3 is 0 Å². The maximum Gasteiger partial charge on any atom is 0.226 e. The van der Waals surface area contributed by atoms with E-state index in [-0.39, 0.29) is 5.91 Å². The SMILES string of the molecule is CCn1c(C)nc2cc(NC(=O)CCNc3nc(C)cc(C)n3)ccc21. The van der Waals surface area contributed by atoms with Crippen molar-refractivity contribution in [2.45, 2.75) is 40.7 Å². The molecule has 7 nitrogen and oxygen atoms in total. The summed E-state index contributed by atoms with van der Waals surface area (Å²) in [6.07, 6.45) is 0.330. The topological polar surface area (TPSA) is 84.7 Å². The van der Waals surface area contributed by atoms with Crippen LogP contribution in [-0.2, 0) is 11.3 Å². The Balaban J connectivity index is 1.58. The Morgan fingerprint density at radius 2 is 1.81 bits per heavy atom. The normalized spacial score (nSPS) is 10.9. The van der Waals surface area contributed by atoms with Crippen LogP contribution >= 0.6 is 0 Å². The van der Waals surface area contributed by atoms with Gasteiger partial charge in [-0.25, -0.2) is 15.0 Å². The summed E-state index contributed by atoms with van der Waals surface area (Å²) in [6, 6.07) is 7.73. The van der Waals surface area contributed by atoms with Crippen LogP contribution in [0.5, 0.6) is 0 Å². The first-order chi connectivity index (χ1) is 12.5. The number of imidazole rings is 1. The number of aromatic nitrogens is 4. The van der Waals surface area contributed by atoms with E-state index in [0.29, 0.717) is 18.9 Å². The predicted molar refractivity (Wildman–Crippen MR) is 103 cm³/mol. The van der Waals surface area contributed by atoms with Gasteiger partial charge in [0.1, 0.15) is 5.82 Å². The summed E-state index contributed by atoms with van der Waals surface area (Å²) in [4.78, 5) is 25.3. The first-order valence-corrected chi connectivity index (χ1v) is 8.79. The molecule has 0 bridgehead atoms. The van der Waals surface area contributed by atoms with E-state index in [9.17, 15) is 4.79 Å². The lowest BCUT2D eigenvalue weighted by atomic mass is 10.2. The number of nitrogens with zero attached hydrogens (tertiary/aromatic N) is 4. The number of benzene rings is 1. The molecule has 3 aromatic rings. The third kappa shape index (κ3) is 3.99. The van der Waals surface area contributed by atoms with E-state index in [4.69, 9.17) is 0 Å². The zero-order valence-corrected chi connectivity index (χ0v) is 15.6. The van der Waals surface area contributed by atoms with Crippen LogP contribution in [0.25, 0.3) is 11.0 Å². The molecule has 0 radical (unpaired) electrons. The van der Waals surface area contributed by atoms with E-state index in [2.05, 4.69) is 37.1 Å². The van der Waals surface area contributed by atoms with E-state index in [1.807, 2.05) is 45.0 Å². The van der Waals surface area contributed by atoms with Crippen molar-refractivity contribution in [2.24, 2.45) is 0 Å². The average molecular weight is 352 g/mol. The largest absolute Gasteiger partial charge is 0.354 e. The van der Waals surface area contributed by atoms with E-state index in [0.717, 1.165) is 40.5 Å². The lowest BCUT2D eigenvalue weighted by Gasteiger charge is -2.08. The quantitative estimate of drug-likeness (QED) is 0.711. The third-order valence-electron chi connectivity index (χ3n) is 4.16. The number of carbonyl (C=O) groups is 1. The van der Waals surface area contributed by atoms with Gasteiger partial charge in [0.25, 0.3) is 0 Å². The predicted octanol–water partition coefficient (Wildman–Crippen LogP) is 3.21. The molecule has 3 rings (SSSR count). The van der Waals surface area contributed by atoms with Gasteiger partial charge in [-0.1, -0.05) is 0 Å². The van der Waals surface area contributed by atoms with Crippen LogP contribution in [0.3, 0.4) is 0 Å². The van der Waals surface area contributed by atoms with Gasteiger partial charge in [-0.15, -0.1) is 0 Å². The number of nitrogens with one attached hydrogen (secondary N) is 2. The molecule has 0 atom stereocenters. The molecule has 1 aromatic carbocycles. The van der Waals surface area contributed by atoms with Gasteiger partial charge < -0.3 is 15.2 Å². The summed E-state index contributed by atoms with van der Waals surface area (Å²) in [5, 5.41) is 6.01. The molecule has 0 aliphatic heterocycles. The van der Waals surface area contributed by atoms with Gasteiger partial charge in [-0.3, -0.25) is 4.79 Å². The monoisotopic (exact) mass is 352 g/mol. The molecule has 7 heteroatoms. The van der Waals surface area contributed by atoms with Crippen LogP contribution in [0.2, 0.25) is 0 Å². The Bertz CT molecular complexity index is 926. The van der Waals surface area contributed by atoms with Crippen molar-refractivity contribution in [3.8, 4) is 0 Å². The minimum Gasteiger partial charge on any atom is -0.354 e. The fraction of sp³-hybridized carbons (Fsp3) is 0.368. The third-order valence-corrected chi connectivity index (χ3v) is 4.16. The highest BCUT2D eigenvalue weighted by molar-refractivity contribution is 5.93. The van der Waals surface area contributed by atoms with Crippen molar-refractivity contribution in [3.63, 3.8) is 0 Å². The molecule has 2 heterocycles. The molecular weight excluding hydrogens is 328 g/mol. The smallest absolute Gasteiger partial charge is 0.226 e. The maximum absolute atomic E-state index is 12.2. The van der Waals surface area contributed by atoms with Crippen molar-refractivity contribution in [1.29, 1.82) is 0 Å². The van der Waals surface area contributed by atoms with Gasteiger partial charge in [0.2, 0.25) is 11.9 Å². The van der Waals surface area contributed by atoms with Crippen LogP contribution in [0.15, 0.2) is 24.3 Å². The number of amides is 1. The number of hydrogen-bond acceptors (Lipinski definition) is 5. The molecule has 0 aliphatic carbocycles. The number of rotatable bonds is 6. The van der Waals surface area contributed by atoms with Gasteiger partial charge in [-0.05, 0) is 52.0 Å². The van der Waals surface area contributed by atoms with Crippen molar-refractivity contribution >= 4 is 28.6 Å². The summed E-state index contributed by atoms with van der Waals surface area (Å²) in [6.45, 7) is 9.27. The van der Waals surface area contributed by atoms with Gasteiger partial charge in [-0.2, -0.15) is 0 Å². The van der Waals surface area contributed by atoms with Gasteiger partial charge in [0, 0.05) is 36.6 Å². The number of carbonyl (C=O) groups excluding carboxylic acids is 1. The Morgan fingerprint density at radius 3 is 2.50 bits per heavy atom. The Hall–Kier alpha value is -2.96. The molecular formula is C19H24N6O. The first-order valence-electron chi connectivity index (χ1n) is 8.79. The van der Waals surface area contributed by atoms with E-state index < -0.39 is 0 Å². The van der Waals surface area contributed by atoms with Crippen LogP contribution in [0.1, 0.15) is 30.6 Å². The molecule has 0 saturated carbocycles. The van der Waals surface area contributed by atoms with Crippen molar-refractivity contribution in [3.05, 3.63) is 41.5 Å². The Morgan fingerprint density at radius 1 is 1.08 bits per heavy atom. The number of aryl methyl sites for hydroxylation is 4. The maximum atomic E-state index is 12.2. The van der Waals surface area contributed by atoms with Crippen LogP contribution in [0.4, 0.5) is 11.6 Å². The zero-order valence-electron chi connectivity index (χ0n) is 15.6. The van der Waals surface area contributed by atoms with Gasteiger partial charge in [0.05, 0.1) is 11.0 Å². The van der Waals surface area contributed by atoms with E-state index in [1.54, 1.807) is 0 Å². The molecule has 0 fully saturated rings. The second-order valence-corrected chi connectivity index (χ2v) is 6.31. The molecule has 0 aliphatic rings. The molecule has 2 N–H and O–H groups in total. The fourth-order valence-electron chi connectivity index (χ4n) is 3.04. The average Bonchev–Trinajstić information content (AvgIpc) is 2.88. The van der Waals surface area contributed by atoms with Crippen LogP contribution in [-0.4, -0.2) is 32.0 Å². The molecule has 0 saturated heterocycles. The highest BCUT2D eigenvalue weighted by atomic mass is 16.1. The first kappa shape index (κ1) is 17.8. The molecule has 2 aromatic heterocycles. The van der Waals surface area contributed by atoms with E-state index >= 15 is 0 Å². The summed E-state index contributed by atoms with van der Waals surface area (Å²) in [5.74, 6) is 1.47. The lowest BCUT2D eigenvalue weighted by molar-refractivity contribution is -0.115. The van der Waals surface area contributed by atoms with Crippen molar-refractivity contribution in [1.82, 2.24) is 19.5 Å². The summed E-state index contributed by atoms with van der Waals surface area (Å²) in [5.41, 5.74) is 4.53. The second-order valence-electron chi connectivity index (χ2n) is 6.31. The molecule has 0 spiro atoms. The Labute approximate surface area is 152 Å². The Kier molecular flexibility index (Phi) is 5.16. The minimum atomic E-state index is -0.0622. The summed E-state index contributed by atoms with van der Waals surface area (Å²) < 4.78 is 2.15. The summed E-state index contributed by atoms with van der Waals surface area (Å²) >= 11 is 0. The molecule has 136 valence electrons. The fourth-order valence-corrected chi connectivity index (χ4v) is 3.04. The minimum absolute atomic E-state index is 0.0622. The number of anilines is 2. The summed E-state index contributed by atoms with van der Waals surface area (Å²) in [7, 11) is 0. The lowest BCUT2D eigenvalue weighted by Crippen LogP contribution is -2.17. The number of fused-ring (bicyclic) bond motifs is 1. The highest BCUT2D eigenvalue weighted by Gasteiger charge is 2.08. The van der Waals surface area contributed by atoms with Crippen molar-refractivity contribution in [2.75, 3.05) is 17.2 Å². The highest BCUT2D eigenvalue weighted by Crippen LogP contribution is 2.20. The molecule has 0 unspecified atom stereocenters.